The van der Waals surface area contributed by atoms with Gasteiger partial charge >= 0.3 is 0 Å². The molecule has 32 heavy (non-hydrogen) atoms. The molecule has 2 saturated heterocycles. The van der Waals surface area contributed by atoms with Crippen LogP contribution in [0.1, 0.15) is 21.1 Å². The highest BCUT2D eigenvalue weighted by Crippen LogP contribution is 2.36. The zero-order chi connectivity index (χ0) is 22.2. The minimum absolute atomic E-state index is 0.127. The Bertz CT molecular complexity index is 1120. The van der Waals surface area contributed by atoms with Crippen LogP contribution in [0.4, 0.5) is 11.6 Å². The normalized spacial score (nSPS) is 17.9. The SMILES string of the molecule is Cc1nc(N2CCN(c3ccccn3)CC2)c2c(C)c(C(=O)N3CCN(C)CC3)sc2n1. The van der Waals surface area contributed by atoms with Gasteiger partial charge in [-0.2, -0.15) is 0 Å². The second kappa shape index (κ2) is 8.63. The van der Waals surface area contributed by atoms with E-state index in [1.165, 1.54) is 11.3 Å². The highest BCUT2D eigenvalue weighted by Gasteiger charge is 2.28. The van der Waals surface area contributed by atoms with Crippen molar-refractivity contribution >= 4 is 39.1 Å². The Hall–Kier alpha value is -2.78. The Kier molecular flexibility index (Phi) is 5.69. The first-order chi connectivity index (χ1) is 15.5. The molecule has 5 rings (SSSR count). The number of amides is 1. The van der Waals surface area contributed by atoms with Crippen LogP contribution in [0.25, 0.3) is 10.2 Å². The van der Waals surface area contributed by atoms with Gasteiger partial charge in [0.1, 0.15) is 22.3 Å². The van der Waals surface area contributed by atoms with Gasteiger partial charge < -0.3 is 19.6 Å². The van der Waals surface area contributed by atoms with E-state index in [0.717, 1.165) is 90.5 Å². The van der Waals surface area contributed by atoms with Gasteiger partial charge in [0.2, 0.25) is 0 Å². The van der Waals surface area contributed by atoms with Crippen LogP contribution in [0.5, 0.6) is 0 Å². The number of aromatic nitrogens is 3. The van der Waals surface area contributed by atoms with Crippen molar-refractivity contribution in [2.24, 2.45) is 0 Å². The fraction of sp³-hybridized carbons (Fsp3) is 0.478. The van der Waals surface area contributed by atoms with Crippen LogP contribution < -0.4 is 9.80 Å². The molecule has 0 unspecified atom stereocenters. The molecule has 0 bridgehead atoms. The summed E-state index contributed by atoms with van der Waals surface area (Å²) < 4.78 is 0. The maximum Gasteiger partial charge on any atom is 0.264 e. The molecule has 0 N–H and O–H groups in total. The number of hydrogen-bond acceptors (Lipinski definition) is 8. The van der Waals surface area contributed by atoms with Crippen molar-refractivity contribution in [1.29, 1.82) is 0 Å². The lowest BCUT2D eigenvalue weighted by molar-refractivity contribution is 0.0668. The number of carbonyl (C=O) groups excluding carboxylic acids is 1. The van der Waals surface area contributed by atoms with E-state index in [-0.39, 0.29) is 5.91 Å². The first-order valence-electron chi connectivity index (χ1n) is 11.2. The average molecular weight is 452 g/mol. The molecule has 0 saturated carbocycles. The van der Waals surface area contributed by atoms with Crippen LogP contribution in [0, 0.1) is 13.8 Å². The van der Waals surface area contributed by atoms with Gasteiger partial charge in [-0.15, -0.1) is 11.3 Å². The smallest absolute Gasteiger partial charge is 0.264 e. The third-order valence-electron chi connectivity index (χ3n) is 6.42. The number of fused-ring (bicyclic) bond motifs is 1. The van der Waals surface area contributed by atoms with Crippen molar-refractivity contribution in [2.45, 2.75) is 13.8 Å². The molecular weight excluding hydrogens is 422 g/mol. The molecular formula is C23H29N7OS. The maximum absolute atomic E-state index is 13.3. The van der Waals surface area contributed by atoms with Crippen molar-refractivity contribution in [1.82, 2.24) is 24.8 Å². The van der Waals surface area contributed by atoms with E-state index in [4.69, 9.17) is 9.97 Å². The Morgan fingerprint density at radius 3 is 2.34 bits per heavy atom. The van der Waals surface area contributed by atoms with Crippen molar-refractivity contribution in [3.05, 3.63) is 40.7 Å². The summed E-state index contributed by atoms with van der Waals surface area (Å²) in [5.41, 5.74) is 1.01. The Balaban J connectivity index is 1.42. The van der Waals surface area contributed by atoms with E-state index in [2.05, 4.69) is 39.7 Å². The second-order valence-corrected chi connectivity index (χ2v) is 9.59. The number of nitrogens with zero attached hydrogens (tertiary/aromatic N) is 7. The van der Waals surface area contributed by atoms with Gasteiger partial charge in [0, 0.05) is 58.6 Å². The van der Waals surface area contributed by atoms with Crippen LogP contribution in [0.2, 0.25) is 0 Å². The van der Waals surface area contributed by atoms with Crippen molar-refractivity contribution < 1.29 is 4.79 Å². The Labute approximate surface area is 192 Å². The fourth-order valence-electron chi connectivity index (χ4n) is 4.50. The van der Waals surface area contributed by atoms with Gasteiger partial charge in [0.15, 0.2) is 0 Å². The van der Waals surface area contributed by atoms with E-state index in [1.54, 1.807) is 0 Å². The van der Waals surface area contributed by atoms with Gasteiger partial charge in [-0.05, 0) is 38.6 Å². The summed E-state index contributed by atoms with van der Waals surface area (Å²) in [5.74, 6) is 2.85. The number of piperazine rings is 2. The molecule has 0 aliphatic carbocycles. The quantitative estimate of drug-likeness (QED) is 0.606. The molecule has 3 aromatic rings. The third kappa shape index (κ3) is 3.91. The molecule has 0 aromatic carbocycles. The van der Waals surface area contributed by atoms with Crippen molar-refractivity contribution in [2.75, 3.05) is 69.2 Å². The minimum atomic E-state index is 0.127. The monoisotopic (exact) mass is 451 g/mol. The van der Waals surface area contributed by atoms with Crippen LogP contribution in [0.15, 0.2) is 24.4 Å². The van der Waals surface area contributed by atoms with E-state index in [1.807, 2.05) is 30.2 Å². The summed E-state index contributed by atoms with van der Waals surface area (Å²) in [4.78, 5) is 37.9. The lowest BCUT2D eigenvalue weighted by Gasteiger charge is -2.36. The van der Waals surface area contributed by atoms with Crippen molar-refractivity contribution in [3.8, 4) is 0 Å². The maximum atomic E-state index is 13.3. The van der Waals surface area contributed by atoms with Gasteiger partial charge in [-0.25, -0.2) is 15.0 Å². The Morgan fingerprint density at radius 1 is 0.938 bits per heavy atom. The third-order valence-corrected chi connectivity index (χ3v) is 7.59. The molecule has 0 spiro atoms. The van der Waals surface area contributed by atoms with E-state index in [0.29, 0.717) is 0 Å². The first-order valence-corrected chi connectivity index (χ1v) is 12.0. The van der Waals surface area contributed by atoms with Crippen molar-refractivity contribution in [3.63, 3.8) is 0 Å². The largest absolute Gasteiger partial charge is 0.353 e. The van der Waals surface area contributed by atoms with Crippen LogP contribution >= 0.6 is 11.3 Å². The van der Waals surface area contributed by atoms with Crippen LogP contribution in [-0.2, 0) is 0 Å². The van der Waals surface area contributed by atoms with E-state index < -0.39 is 0 Å². The average Bonchev–Trinajstić information content (AvgIpc) is 3.15. The number of aryl methyl sites for hydroxylation is 2. The predicted octanol–water partition coefficient (Wildman–Crippen LogP) is 2.42. The molecule has 2 aliphatic rings. The summed E-state index contributed by atoms with van der Waals surface area (Å²) in [6.07, 6.45) is 1.84. The number of carbonyl (C=O) groups is 1. The van der Waals surface area contributed by atoms with Gasteiger partial charge in [0.25, 0.3) is 5.91 Å². The molecule has 168 valence electrons. The van der Waals surface area contributed by atoms with E-state index in [9.17, 15) is 4.79 Å². The van der Waals surface area contributed by atoms with E-state index >= 15 is 0 Å². The molecule has 5 heterocycles. The second-order valence-electron chi connectivity index (χ2n) is 8.59. The number of hydrogen-bond donors (Lipinski definition) is 0. The predicted molar refractivity (Wildman–Crippen MR) is 129 cm³/mol. The molecule has 2 aliphatic heterocycles. The summed E-state index contributed by atoms with van der Waals surface area (Å²) in [5, 5.41) is 1.03. The minimum Gasteiger partial charge on any atom is -0.353 e. The lowest BCUT2D eigenvalue weighted by atomic mass is 10.1. The summed E-state index contributed by atoms with van der Waals surface area (Å²) in [6, 6.07) is 6.03. The molecule has 2 fully saturated rings. The molecule has 1 amide bonds. The van der Waals surface area contributed by atoms with Gasteiger partial charge in [-0.1, -0.05) is 6.07 Å². The number of pyridine rings is 1. The first kappa shape index (κ1) is 21.1. The molecule has 9 heteroatoms. The number of anilines is 2. The molecule has 0 atom stereocenters. The number of rotatable bonds is 3. The molecule has 0 radical (unpaired) electrons. The lowest BCUT2D eigenvalue weighted by Crippen LogP contribution is -2.47. The van der Waals surface area contributed by atoms with Crippen LogP contribution in [-0.4, -0.2) is 90.1 Å². The summed E-state index contributed by atoms with van der Waals surface area (Å²) in [6.45, 7) is 10.9. The Morgan fingerprint density at radius 2 is 1.66 bits per heavy atom. The standard InChI is InChI=1S/C23H29N7OS/c1-16-19-21(29-14-12-28(13-15-29)18-6-4-5-7-24-18)25-17(2)26-22(19)32-20(16)23(31)30-10-8-27(3)9-11-30/h4-7H,8-15H2,1-3H3. The summed E-state index contributed by atoms with van der Waals surface area (Å²) >= 11 is 1.51. The van der Waals surface area contributed by atoms with Gasteiger partial charge in [-0.3, -0.25) is 4.79 Å². The fourth-order valence-corrected chi connectivity index (χ4v) is 5.68. The topological polar surface area (TPSA) is 68.7 Å². The molecule has 8 nitrogen and oxygen atoms in total. The highest BCUT2D eigenvalue weighted by atomic mass is 32.1. The van der Waals surface area contributed by atoms with Gasteiger partial charge in [0.05, 0.1) is 10.3 Å². The zero-order valence-corrected chi connectivity index (χ0v) is 19.7. The molecule has 3 aromatic heterocycles. The number of thiophene rings is 1. The summed E-state index contributed by atoms with van der Waals surface area (Å²) in [7, 11) is 2.10. The zero-order valence-electron chi connectivity index (χ0n) is 18.9. The highest BCUT2D eigenvalue weighted by molar-refractivity contribution is 7.20. The van der Waals surface area contributed by atoms with Crippen LogP contribution in [0.3, 0.4) is 0 Å². The number of likely N-dealkylation sites (N-methyl/N-ethyl adjacent to an activating group) is 1.